The van der Waals surface area contributed by atoms with Gasteiger partial charge in [-0.1, -0.05) is 38.5 Å². The third-order valence-electron chi connectivity index (χ3n) is 5.22. The molecule has 0 radical (unpaired) electrons. The number of ketones is 1. The Balaban J connectivity index is 1.87. The van der Waals surface area contributed by atoms with Crippen molar-refractivity contribution >= 4 is 18.0 Å². The van der Waals surface area contributed by atoms with Gasteiger partial charge in [-0.15, -0.1) is 0 Å². The van der Waals surface area contributed by atoms with Gasteiger partial charge < -0.3 is 9.69 Å². The monoisotopic (exact) mass is 313 g/mol. The summed E-state index contributed by atoms with van der Waals surface area (Å²) in [5, 5.41) is 0. The van der Waals surface area contributed by atoms with E-state index in [4.69, 9.17) is 0 Å². The number of fused-ring (bicyclic) bond motifs is 1. The number of benzene rings is 1. The van der Waals surface area contributed by atoms with Crippen molar-refractivity contribution in [3.8, 4) is 0 Å². The Bertz CT molecular complexity index is 637. The van der Waals surface area contributed by atoms with Crippen LogP contribution < -0.4 is 0 Å². The van der Waals surface area contributed by atoms with Crippen LogP contribution in [0, 0.1) is 17.8 Å². The number of aldehydes is 1. The normalized spacial score (nSPS) is 24.8. The van der Waals surface area contributed by atoms with Gasteiger partial charge in [0.05, 0.1) is 6.04 Å². The zero-order chi connectivity index (χ0) is 16.6. The van der Waals surface area contributed by atoms with E-state index in [1.807, 2.05) is 38.1 Å². The molecule has 23 heavy (non-hydrogen) atoms. The molecule has 1 aromatic carbocycles. The fourth-order valence-electron chi connectivity index (χ4n) is 4.07. The topological polar surface area (TPSA) is 54.5 Å². The van der Waals surface area contributed by atoms with E-state index in [-0.39, 0.29) is 29.4 Å². The number of carbonyl (C=O) groups is 3. The maximum Gasteiger partial charge on any atom is 0.255 e. The molecule has 3 unspecified atom stereocenters. The first-order valence-electron chi connectivity index (χ1n) is 8.42. The molecule has 1 saturated carbocycles. The molecule has 0 spiro atoms. The molecule has 122 valence electrons. The van der Waals surface area contributed by atoms with Crippen LogP contribution in [0.4, 0.5) is 0 Å². The average molecular weight is 313 g/mol. The number of nitrogens with zero attached hydrogens (tertiary/aromatic N) is 1. The van der Waals surface area contributed by atoms with E-state index in [1.165, 1.54) is 0 Å². The summed E-state index contributed by atoms with van der Waals surface area (Å²) < 4.78 is 0. The molecule has 1 aliphatic carbocycles. The van der Waals surface area contributed by atoms with E-state index in [2.05, 4.69) is 0 Å². The maximum atomic E-state index is 13.1. The van der Waals surface area contributed by atoms with E-state index in [1.54, 1.807) is 4.90 Å². The molecule has 3 atom stereocenters. The molecule has 0 aromatic heterocycles. The Morgan fingerprint density at radius 1 is 1.26 bits per heavy atom. The van der Waals surface area contributed by atoms with E-state index in [0.29, 0.717) is 12.1 Å². The van der Waals surface area contributed by atoms with Crippen LogP contribution in [-0.4, -0.2) is 28.9 Å². The molecule has 2 aliphatic rings. The van der Waals surface area contributed by atoms with Crippen molar-refractivity contribution in [2.45, 2.75) is 45.7 Å². The van der Waals surface area contributed by atoms with Crippen molar-refractivity contribution in [3.63, 3.8) is 0 Å². The van der Waals surface area contributed by atoms with E-state index in [9.17, 15) is 14.4 Å². The minimum absolute atomic E-state index is 0.0358. The van der Waals surface area contributed by atoms with Crippen molar-refractivity contribution in [1.82, 2.24) is 4.90 Å². The summed E-state index contributed by atoms with van der Waals surface area (Å²) in [6, 6.07) is 7.09. The highest BCUT2D eigenvalue weighted by Crippen LogP contribution is 2.35. The Labute approximate surface area is 136 Å². The Hall–Kier alpha value is -1.97. The van der Waals surface area contributed by atoms with Gasteiger partial charge >= 0.3 is 0 Å². The Kier molecular flexibility index (Phi) is 4.33. The van der Waals surface area contributed by atoms with Gasteiger partial charge in [-0.25, -0.2) is 0 Å². The van der Waals surface area contributed by atoms with Crippen LogP contribution in [-0.2, 0) is 16.1 Å². The quantitative estimate of drug-likeness (QED) is 0.785. The van der Waals surface area contributed by atoms with Gasteiger partial charge in [-0.05, 0) is 30.4 Å². The van der Waals surface area contributed by atoms with E-state index < -0.39 is 6.04 Å². The van der Waals surface area contributed by atoms with E-state index in [0.717, 1.165) is 31.1 Å². The van der Waals surface area contributed by atoms with Crippen LogP contribution in [0.5, 0.6) is 0 Å². The minimum atomic E-state index is -0.444. The van der Waals surface area contributed by atoms with Gasteiger partial charge in [-0.2, -0.15) is 0 Å². The van der Waals surface area contributed by atoms with Crippen LogP contribution in [0.15, 0.2) is 24.3 Å². The highest BCUT2D eigenvalue weighted by Gasteiger charge is 2.43. The summed E-state index contributed by atoms with van der Waals surface area (Å²) in [6.07, 6.45) is 3.39. The van der Waals surface area contributed by atoms with Crippen molar-refractivity contribution in [3.05, 3.63) is 35.4 Å². The lowest BCUT2D eigenvalue weighted by Gasteiger charge is -2.32. The summed E-state index contributed by atoms with van der Waals surface area (Å²) in [6.45, 7) is 4.44. The average Bonchev–Trinajstić information content (AvgIpc) is 3.13. The molecule has 0 N–H and O–H groups in total. The third kappa shape index (κ3) is 2.71. The standard InChI is InChI=1S/C19H23NO3/c1-12(2)17(18(22)15-9-5-7-14(15)11-21)20-10-13-6-3-4-8-16(13)19(20)23/h3-4,6,8,11-12,14-15,17H,5,7,9-10H2,1-2H3. The second-order valence-electron chi connectivity index (χ2n) is 7.02. The number of hydrogen-bond acceptors (Lipinski definition) is 3. The maximum absolute atomic E-state index is 13.1. The van der Waals surface area contributed by atoms with Crippen LogP contribution >= 0.6 is 0 Å². The molecule has 1 fully saturated rings. The van der Waals surface area contributed by atoms with Gasteiger partial charge in [0, 0.05) is 23.9 Å². The zero-order valence-electron chi connectivity index (χ0n) is 13.7. The Morgan fingerprint density at radius 2 is 2.00 bits per heavy atom. The smallest absolute Gasteiger partial charge is 0.255 e. The second kappa shape index (κ2) is 6.26. The van der Waals surface area contributed by atoms with Gasteiger partial charge in [0.1, 0.15) is 6.29 Å². The SMILES string of the molecule is CC(C)C(C(=O)C1CCCC1C=O)N1Cc2ccccc2C1=O. The molecule has 1 aromatic rings. The summed E-state index contributed by atoms with van der Waals surface area (Å²) >= 11 is 0. The largest absolute Gasteiger partial charge is 0.324 e. The lowest BCUT2D eigenvalue weighted by Crippen LogP contribution is -2.48. The highest BCUT2D eigenvalue weighted by molar-refractivity contribution is 6.02. The first kappa shape index (κ1) is 15.9. The van der Waals surface area contributed by atoms with E-state index >= 15 is 0 Å². The van der Waals surface area contributed by atoms with Gasteiger partial charge in [-0.3, -0.25) is 9.59 Å². The van der Waals surface area contributed by atoms with Gasteiger partial charge in [0.25, 0.3) is 5.91 Å². The van der Waals surface area contributed by atoms with Crippen molar-refractivity contribution < 1.29 is 14.4 Å². The van der Waals surface area contributed by atoms with Gasteiger partial charge in [0.2, 0.25) is 0 Å². The first-order valence-corrected chi connectivity index (χ1v) is 8.42. The highest BCUT2D eigenvalue weighted by atomic mass is 16.2. The molecule has 0 saturated heterocycles. The summed E-state index contributed by atoms with van der Waals surface area (Å²) in [5.41, 5.74) is 1.68. The zero-order valence-corrected chi connectivity index (χ0v) is 13.7. The predicted molar refractivity (Wildman–Crippen MR) is 86.8 cm³/mol. The lowest BCUT2D eigenvalue weighted by molar-refractivity contribution is -0.132. The molecule has 0 bridgehead atoms. The van der Waals surface area contributed by atoms with Crippen LogP contribution in [0.25, 0.3) is 0 Å². The number of amides is 1. The van der Waals surface area contributed by atoms with Crippen LogP contribution in [0.2, 0.25) is 0 Å². The van der Waals surface area contributed by atoms with Crippen LogP contribution in [0.3, 0.4) is 0 Å². The van der Waals surface area contributed by atoms with Crippen molar-refractivity contribution in [1.29, 1.82) is 0 Å². The molecule has 1 amide bonds. The lowest BCUT2D eigenvalue weighted by atomic mass is 9.84. The summed E-state index contributed by atoms with van der Waals surface area (Å²) in [5.74, 6) is -0.363. The first-order chi connectivity index (χ1) is 11.0. The van der Waals surface area contributed by atoms with Gasteiger partial charge in [0.15, 0.2) is 5.78 Å². The molecule has 1 aliphatic heterocycles. The summed E-state index contributed by atoms with van der Waals surface area (Å²) in [4.78, 5) is 38.8. The molecule has 1 heterocycles. The van der Waals surface area contributed by atoms with Crippen LogP contribution in [0.1, 0.15) is 49.0 Å². The molecule has 4 nitrogen and oxygen atoms in total. The molecular weight excluding hydrogens is 290 g/mol. The molecular formula is C19H23NO3. The molecule has 4 heteroatoms. The second-order valence-corrected chi connectivity index (χ2v) is 7.02. The van der Waals surface area contributed by atoms with Crippen molar-refractivity contribution in [2.24, 2.45) is 17.8 Å². The number of carbonyl (C=O) groups excluding carboxylic acids is 3. The predicted octanol–water partition coefficient (Wildman–Crippen LogP) is 2.85. The van der Waals surface area contributed by atoms with Crippen molar-refractivity contribution in [2.75, 3.05) is 0 Å². The summed E-state index contributed by atoms with van der Waals surface area (Å²) in [7, 11) is 0. The number of Topliss-reactive ketones (excluding diaryl/α,β-unsaturated/α-hetero) is 1. The number of rotatable bonds is 5. The molecule has 3 rings (SSSR count). The number of hydrogen-bond donors (Lipinski definition) is 0. The fraction of sp³-hybridized carbons (Fsp3) is 0.526. The fourth-order valence-corrected chi connectivity index (χ4v) is 4.07. The minimum Gasteiger partial charge on any atom is -0.324 e. The Morgan fingerprint density at radius 3 is 2.65 bits per heavy atom. The third-order valence-corrected chi connectivity index (χ3v) is 5.22.